The van der Waals surface area contributed by atoms with Crippen molar-refractivity contribution in [2.75, 3.05) is 0 Å². The van der Waals surface area contributed by atoms with Crippen molar-refractivity contribution in [3.63, 3.8) is 0 Å². The summed E-state index contributed by atoms with van der Waals surface area (Å²) in [5, 5.41) is 9.82. The van der Waals surface area contributed by atoms with Crippen molar-refractivity contribution in [2.45, 2.75) is 69.0 Å². The predicted molar refractivity (Wildman–Crippen MR) is 81.3 cm³/mol. The summed E-state index contributed by atoms with van der Waals surface area (Å²) in [4.78, 5) is 12.0. The molecule has 2 fully saturated rings. The molecule has 0 saturated heterocycles. The molecular formula is C18H22O4. The van der Waals surface area contributed by atoms with E-state index in [0.29, 0.717) is 12.8 Å². The second-order valence-corrected chi connectivity index (χ2v) is 6.93. The van der Waals surface area contributed by atoms with Crippen LogP contribution in [0.3, 0.4) is 0 Å². The van der Waals surface area contributed by atoms with Gasteiger partial charge >= 0.3 is 5.97 Å². The summed E-state index contributed by atoms with van der Waals surface area (Å²) in [6.07, 6.45) is 8.60. The maximum absolute atomic E-state index is 12.0. The summed E-state index contributed by atoms with van der Waals surface area (Å²) < 4.78 is 12.1. The van der Waals surface area contributed by atoms with Gasteiger partial charge in [-0.2, -0.15) is 0 Å². The predicted octanol–water partition coefficient (Wildman–Crippen LogP) is 4.01. The molecule has 1 heterocycles. The number of rotatable bonds is 2. The van der Waals surface area contributed by atoms with Crippen molar-refractivity contribution in [1.82, 2.24) is 0 Å². The summed E-state index contributed by atoms with van der Waals surface area (Å²) in [6.45, 7) is 0. The lowest BCUT2D eigenvalue weighted by Crippen LogP contribution is -2.37. The topological polar surface area (TPSA) is 55.8 Å². The van der Waals surface area contributed by atoms with Crippen molar-refractivity contribution in [3.05, 3.63) is 23.8 Å². The quantitative estimate of drug-likeness (QED) is 0.896. The third kappa shape index (κ3) is 2.00. The van der Waals surface area contributed by atoms with Crippen molar-refractivity contribution < 1.29 is 19.4 Å². The number of benzene rings is 1. The van der Waals surface area contributed by atoms with Crippen LogP contribution in [-0.2, 0) is 10.2 Å². The van der Waals surface area contributed by atoms with Crippen LogP contribution in [0.4, 0.5) is 0 Å². The van der Waals surface area contributed by atoms with Crippen molar-refractivity contribution >= 4 is 5.97 Å². The summed E-state index contributed by atoms with van der Waals surface area (Å²) in [5.41, 5.74) is 0.124. The zero-order chi connectivity index (χ0) is 15.2. The van der Waals surface area contributed by atoms with E-state index in [4.69, 9.17) is 9.47 Å². The van der Waals surface area contributed by atoms with Gasteiger partial charge in [-0.1, -0.05) is 25.3 Å². The number of hydrogen-bond acceptors (Lipinski definition) is 3. The minimum absolute atomic E-state index is 0.482. The third-order valence-electron chi connectivity index (χ3n) is 5.57. The van der Waals surface area contributed by atoms with Gasteiger partial charge in [-0.3, -0.25) is 4.79 Å². The highest BCUT2D eigenvalue weighted by Crippen LogP contribution is 2.49. The molecule has 1 aliphatic heterocycles. The van der Waals surface area contributed by atoms with Crippen molar-refractivity contribution in [1.29, 1.82) is 0 Å². The molecule has 0 amide bonds. The molecule has 118 valence electrons. The second kappa shape index (κ2) is 4.90. The van der Waals surface area contributed by atoms with E-state index in [1.54, 1.807) is 0 Å². The molecule has 0 radical (unpaired) electrons. The van der Waals surface area contributed by atoms with E-state index in [1.807, 2.05) is 18.2 Å². The molecule has 4 heteroatoms. The average molecular weight is 302 g/mol. The lowest BCUT2D eigenvalue weighted by molar-refractivity contribution is -0.145. The molecule has 1 spiro atoms. The number of carboxylic acid groups (broad SMARTS) is 1. The first-order valence-corrected chi connectivity index (χ1v) is 8.40. The van der Waals surface area contributed by atoms with Crippen LogP contribution in [0.5, 0.6) is 11.5 Å². The van der Waals surface area contributed by atoms with Crippen LogP contribution in [0.2, 0.25) is 0 Å². The molecule has 1 aromatic carbocycles. The van der Waals surface area contributed by atoms with E-state index >= 15 is 0 Å². The Balaban J connectivity index is 1.69. The molecular weight excluding hydrogens is 280 g/mol. The fourth-order valence-corrected chi connectivity index (χ4v) is 4.29. The Kier molecular flexibility index (Phi) is 3.10. The van der Waals surface area contributed by atoms with Crippen LogP contribution in [0.1, 0.15) is 63.4 Å². The Morgan fingerprint density at radius 3 is 2.23 bits per heavy atom. The van der Waals surface area contributed by atoms with Crippen LogP contribution in [-0.4, -0.2) is 16.9 Å². The SMILES string of the molecule is O=C(O)C1(c2ccc3c(c2)OC2(CCCC2)O3)CCCCC1. The number of aliphatic carboxylic acids is 1. The van der Waals surface area contributed by atoms with Crippen LogP contribution in [0.15, 0.2) is 18.2 Å². The molecule has 4 rings (SSSR count). The largest absolute Gasteiger partial charge is 0.481 e. The molecule has 0 atom stereocenters. The minimum atomic E-state index is -0.748. The van der Waals surface area contributed by atoms with Gasteiger partial charge in [0.05, 0.1) is 5.41 Å². The fraction of sp³-hybridized carbons (Fsp3) is 0.611. The standard InChI is InChI=1S/C18H22O4/c19-16(20)17(8-2-1-3-9-17)13-6-7-14-15(12-13)22-18(21-14)10-4-5-11-18/h6-7,12H,1-5,8-11H2,(H,19,20). The minimum Gasteiger partial charge on any atom is -0.481 e. The number of carboxylic acids is 1. The van der Waals surface area contributed by atoms with E-state index in [9.17, 15) is 9.90 Å². The highest BCUT2D eigenvalue weighted by atomic mass is 16.7. The Morgan fingerprint density at radius 1 is 0.909 bits per heavy atom. The number of fused-ring (bicyclic) bond motifs is 1. The average Bonchev–Trinajstić information content (AvgIpc) is 3.13. The molecule has 22 heavy (non-hydrogen) atoms. The number of ether oxygens (including phenoxy) is 2. The summed E-state index contributed by atoms with van der Waals surface area (Å²) in [6, 6.07) is 5.74. The summed E-state index contributed by atoms with van der Waals surface area (Å²) in [7, 11) is 0. The van der Waals surface area contributed by atoms with Crippen LogP contribution in [0, 0.1) is 0 Å². The Bertz CT molecular complexity index is 595. The van der Waals surface area contributed by atoms with Gasteiger partial charge in [-0.05, 0) is 43.4 Å². The number of hydrogen-bond donors (Lipinski definition) is 1. The molecule has 0 unspecified atom stereocenters. The first-order chi connectivity index (χ1) is 10.6. The summed E-state index contributed by atoms with van der Waals surface area (Å²) in [5.74, 6) is 0.304. The Hall–Kier alpha value is -1.71. The van der Waals surface area contributed by atoms with Gasteiger partial charge in [0.2, 0.25) is 0 Å². The van der Waals surface area contributed by atoms with E-state index in [0.717, 1.165) is 62.0 Å². The van der Waals surface area contributed by atoms with E-state index in [1.165, 1.54) is 0 Å². The van der Waals surface area contributed by atoms with Gasteiger partial charge in [0, 0.05) is 12.8 Å². The maximum atomic E-state index is 12.0. The smallest absolute Gasteiger partial charge is 0.314 e. The lowest BCUT2D eigenvalue weighted by Gasteiger charge is -2.33. The molecule has 1 N–H and O–H groups in total. The first-order valence-electron chi connectivity index (χ1n) is 8.40. The summed E-state index contributed by atoms with van der Waals surface area (Å²) >= 11 is 0. The second-order valence-electron chi connectivity index (χ2n) is 6.93. The highest BCUT2D eigenvalue weighted by molar-refractivity contribution is 5.82. The zero-order valence-corrected chi connectivity index (χ0v) is 12.8. The van der Waals surface area contributed by atoms with Crippen LogP contribution >= 0.6 is 0 Å². The van der Waals surface area contributed by atoms with Crippen LogP contribution < -0.4 is 9.47 Å². The normalized spacial score (nSPS) is 24.5. The van der Waals surface area contributed by atoms with E-state index in [-0.39, 0.29) is 0 Å². The van der Waals surface area contributed by atoms with Gasteiger partial charge in [0.1, 0.15) is 0 Å². The maximum Gasteiger partial charge on any atom is 0.314 e. The molecule has 2 aliphatic carbocycles. The lowest BCUT2D eigenvalue weighted by atomic mass is 9.69. The van der Waals surface area contributed by atoms with Gasteiger partial charge < -0.3 is 14.6 Å². The highest BCUT2D eigenvalue weighted by Gasteiger charge is 2.46. The van der Waals surface area contributed by atoms with Gasteiger partial charge in [-0.25, -0.2) is 0 Å². The van der Waals surface area contributed by atoms with Gasteiger partial charge in [-0.15, -0.1) is 0 Å². The first kappa shape index (κ1) is 13.9. The van der Waals surface area contributed by atoms with Crippen molar-refractivity contribution in [2.24, 2.45) is 0 Å². The monoisotopic (exact) mass is 302 g/mol. The van der Waals surface area contributed by atoms with Crippen LogP contribution in [0.25, 0.3) is 0 Å². The molecule has 2 saturated carbocycles. The molecule has 0 bridgehead atoms. The molecule has 4 nitrogen and oxygen atoms in total. The Morgan fingerprint density at radius 2 is 1.55 bits per heavy atom. The Labute approximate surface area is 130 Å². The van der Waals surface area contributed by atoms with E-state index in [2.05, 4.69) is 0 Å². The van der Waals surface area contributed by atoms with Gasteiger partial charge in [0.25, 0.3) is 5.79 Å². The van der Waals surface area contributed by atoms with Gasteiger partial charge in [0.15, 0.2) is 11.5 Å². The zero-order valence-electron chi connectivity index (χ0n) is 12.8. The number of carbonyl (C=O) groups is 1. The third-order valence-corrected chi connectivity index (χ3v) is 5.57. The molecule has 0 aromatic heterocycles. The molecule has 1 aromatic rings. The molecule has 3 aliphatic rings. The fourth-order valence-electron chi connectivity index (χ4n) is 4.29. The van der Waals surface area contributed by atoms with Crippen molar-refractivity contribution in [3.8, 4) is 11.5 Å². The van der Waals surface area contributed by atoms with E-state index < -0.39 is 17.2 Å².